The van der Waals surface area contributed by atoms with E-state index in [-0.39, 0.29) is 5.78 Å². The van der Waals surface area contributed by atoms with E-state index in [4.69, 9.17) is 16.3 Å². The number of hydrogen-bond donors (Lipinski definition) is 0. The maximum absolute atomic E-state index is 11.8. The van der Waals surface area contributed by atoms with E-state index in [9.17, 15) is 4.79 Å². The summed E-state index contributed by atoms with van der Waals surface area (Å²) in [4.78, 5) is 11.8. The summed E-state index contributed by atoms with van der Waals surface area (Å²) in [6, 6.07) is 14.8. The maximum atomic E-state index is 11.8. The average molecular weight is 299 g/mol. The molecule has 106 valence electrons. The summed E-state index contributed by atoms with van der Waals surface area (Å²) < 4.78 is 5.13. The summed E-state index contributed by atoms with van der Waals surface area (Å²) >= 11 is 5.89. The van der Waals surface area contributed by atoms with Crippen LogP contribution in [0.5, 0.6) is 5.75 Å². The molecule has 2 nitrogen and oxygen atoms in total. The number of rotatable bonds is 5. The number of ketones is 1. The normalized spacial score (nSPS) is 11.1. The molecule has 0 atom stereocenters. The lowest BCUT2D eigenvalue weighted by Gasteiger charge is -1.99. The lowest BCUT2D eigenvalue weighted by molar-refractivity contribution is -0.110. The molecule has 0 radical (unpaired) electrons. The standard InChI is InChI=1S/C18H15ClO2/c1-21-18-7-3-5-15(13-18)9-11-17(20)10-8-14-4-2-6-16(19)12-14/h2-13H,1H3/b10-8+,11-9+. The summed E-state index contributed by atoms with van der Waals surface area (Å²) in [7, 11) is 1.61. The first-order valence-electron chi connectivity index (χ1n) is 6.47. The highest BCUT2D eigenvalue weighted by molar-refractivity contribution is 6.30. The second-order valence-electron chi connectivity index (χ2n) is 4.40. The Kier molecular flexibility index (Phi) is 5.35. The minimum atomic E-state index is -0.0854. The molecule has 0 aliphatic carbocycles. The SMILES string of the molecule is COc1cccc(/C=C/C(=O)/C=C/c2cccc(Cl)c2)c1. The summed E-state index contributed by atoms with van der Waals surface area (Å²) in [5.41, 5.74) is 1.81. The number of methoxy groups -OCH3 is 1. The van der Waals surface area contributed by atoms with Crippen molar-refractivity contribution in [2.45, 2.75) is 0 Å². The number of halogens is 1. The fourth-order valence-electron chi connectivity index (χ4n) is 1.77. The number of allylic oxidation sites excluding steroid dienone is 2. The monoisotopic (exact) mass is 298 g/mol. The highest BCUT2D eigenvalue weighted by atomic mass is 35.5. The van der Waals surface area contributed by atoms with Crippen molar-refractivity contribution in [3.63, 3.8) is 0 Å². The van der Waals surface area contributed by atoms with Crippen molar-refractivity contribution in [3.8, 4) is 5.75 Å². The molecule has 2 aromatic carbocycles. The van der Waals surface area contributed by atoms with Crippen LogP contribution >= 0.6 is 11.6 Å². The van der Waals surface area contributed by atoms with Gasteiger partial charge in [-0.2, -0.15) is 0 Å². The quantitative estimate of drug-likeness (QED) is 0.751. The summed E-state index contributed by atoms with van der Waals surface area (Å²) in [6.45, 7) is 0. The fourth-order valence-corrected chi connectivity index (χ4v) is 1.97. The van der Waals surface area contributed by atoms with E-state index in [1.54, 1.807) is 31.4 Å². The Morgan fingerprint density at radius 2 is 1.62 bits per heavy atom. The maximum Gasteiger partial charge on any atom is 0.178 e. The molecule has 21 heavy (non-hydrogen) atoms. The molecule has 0 unspecified atom stereocenters. The minimum Gasteiger partial charge on any atom is -0.497 e. The predicted molar refractivity (Wildman–Crippen MR) is 87.5 cm³/mol. The molecular formula is C18H15ClO2. The van der Waals surface area contributed by atoms with E-state index in [0.29, 0.717) is 5.02 Å². The van der Waals surface area contributed by atoms with Crippen LogP contribution in [-0.2, 0) is 4.79 Å². The van der Waals surface area contributed by atoms with Crippen LogP contribution in [0.2, 0.25) is 5.02 Å². The van der Waals surface area contributed by atoms with Gasteiger partial charge in [0, 0.05) is 5.02 Å². The van der Waals surface area contributed by atoms with Crippen molar-refractivity contribution >= 4 is 29.5 Å². The van der Waals surface area contributed by atoms with Crippen LogP contribution in [-0.4, -0.2) is 12.9 Å². The molecule has 0 bridgehead atoms. The summed E-state index contributed by atoms with van der Waals surface area (Å²) in [5, 5.41) is 0.650. The van der Waals surface area contributed by atoms with Gasteiger partial charge in [-0.3, -0.25) is 4.79 Å². The number of carbonyl (C=O) groups excluding carboxylic acids is 1. The van der Waals surface area contributed by atoms with Crippen LogP contribution in [0.3, 0.4) is 0 Å². The largest absolute Gasteiger partial charge is 0.497 e. The lowest BCUT2D eigenvalue weighted by Crippen LogP contribution is -1.86. The van der Waals surface area contributed by atoms with Crippen LogP contribution in [0.25, 0.3) is 12.2 Å². The van der Waals surface area contributed by atoms with Gasteiger partial charge in [0.25, 0.3) is 0 Å². The van der Waals surface area contributed by atoms with Crippen molar-refractivity contribution in [1.29, 1.82) is 0 Å². The molecule has 0 aliphatic heterocycles. The van der Waals surface area contributed by atoms with Gasteiger partial charge in [0.2, 0.25) is 0 Å². The smallest absolute Gasteiger partial charge is 0.178 e. The van der Waals surface area contributed by atoms with Gasteiger partial charge in [-0.25, -0.2) is 0 Å². The van der Waals surface area contributed by atoms with Crippen LogP contribution in [0.15, 0.2) is 60.7 Å². The van der Waals surface area contributed by atoms with Gasteiger partial charge >= 0.3 is 0 Å². The third kappa shape index (κ3) is 4.93. The Labute approximate surface area is 129 Å². The molecule has 0 spiro atoms. The minimum absolute atomic E-state index is 0.0854. The molecule has 0 N–H and O–H groups in total. The zero-order chi connectivity index (χ0) is 15.1. The number of hydrogen-bond acceptors (Lipinski definition) is 2. The Morgan fingerprint density at radius 1 is 1.00 bits per heavy atom. The van der Waals surface area contributed by atoms with Gasteiger partial charge < -0.3 is 4.74 Å². The van der Waals surface area contributed by atoms with E-state index in [1.165, 1.54) is 12.2 Å². The van der Waals surface area contributed by atoms with Crippen molar-refractivity contribution in [1.82, 2.24) is 0 Å². The Morgan fingerprint density at radius 3 is 2.24 bits per heavy atom. The number of carbonyl (C=O) groups is 1. The van der Waals surface area contributed by atoms with Gasteiger partial charge in [0.05, 0.1) is 7.11 Å². The number of ether oxygens (including phenoxy) is 1. The topological polar surface area (TPSA) is 26.3 Å². The predicted octanol–water partition coefficient (Wildman–Crippen LogP) is 4.64. The van der Waals surface area contributed by atoms with Crippen molar-refractivity contribution in [3.05, 3.63) is 76.8 Å². The van der Waals surface area contributed by atoms with Crippen LogP contribution < -0.4 is 4.74 Å². The van der Waals surface area contributed by atoms with Gasteiger partial charge in [-0.15, -0.1) is 0 Å². The second kappa shape index (κ2) is 7.46. The van der Waals surface area contributed by atoms with Crippen molar-refractivity contribution < 1.29 is 9.53 Å². The zero-order valence-corrected chi connectivity index (χ0v) is 12.4. The molecule has 0 aliphatic rings. The van der Waals surface area contributed by atoms with E-state index in [0.717, 1.165) is 16.9 Å². The van der Waals surface area contributed by atoms with Gasteiger partial charge in [0.15, 0.2) is 5.78 Å². The third-order valence-corrected chi connectivity index (χ3v) is 3.06. The molecule has 2 rings (SSSR count). The lowest BCUT2D eigenvalue weighted by atomic mass is 10.1. The van der Waals surface area contributed by atoms with E-state index >= 15 is 0 Å². The Balaban J connectivity index is 2.02. The molecule has 2 aromatic rings. The van der Waals surface area contributed by atoms with Gasteiger partial charge in [-0.05, 0) is 47.5 Å². The first kappa shape index (κ1) is 15.1. The first-order valence-corrected chi connectivity index (χ1v) is 6.85. The van der Waals surface area contributed by atoms with Crippen LogP contribution in [0, 0.1) is 0 Å². The van der Waals surface area contributed by atoms with Gasteiger partial charge in [0.1, 0.15) is 5.75 Å². The zero-order valence-electron chi connectivity index (χ0n) is 11.6. The average Bonchev–Trinajstić information content (AvgIpc) is 2.51. The Hall–Kier alpha value is -2.32. The summed E-state index contributed by atoms with van der Waals surface area (Å²) in [6.07, 6.45) is 6.54. The molecule has 3 heteroatoms. The van der Waals surface area contributed by atoms with Crippen LogP contribution in [0.4, 0.5) is 0 Å². The first-order chi connectivity index (χ1) is 10.2. The number of benzene rings is 2. The highest BCUT2D eigenvalue weighted by Crippen LogP contribution is 2.14. The molecule has 0 fully saturated rings. The van der Waals surface area contributed by atoms with E-state index in [1.807, 2.05) is 36.4 Å². The molecule has 0 saturated heterocycles. The van der Waals surface area contributed by atoms with Crippen molar-refractivity contribution in [2.24, 2.45) is 0 Å². The molecule has 0 aromatic heterocycles. The third-order valence-electron chi connectivity index (χ3n) is 2.82. The Bertz CT molecular complexity index is 687. The van der Waals surface area contributed by atoms with Crippen molar-refractivity contribution in [2.75, 3.05) is 7.11 Å². The van der Waals surface area contributed by atoms with Gasteiger partial charge in [-0.1, -0.05) is 48.0 Å². The van der Waals surface area contributed by atoms with E-state index < -0.39 is 0 Å². The second-order valence-corrected chi connectivity index (χ2v) is 4.84. The molecule has 0 amide bonds. The fraction of sp³-hybridized carbons (Fsp3) is 0.0556. The molecular weight excluding hydrogens is 284 g/mol. The summed E-state index contributed by atoms with van der Waals surface area (Å²) in [5.74, 6) is 0.678. The van der Waals surface area contributed by atoms with E-state index in [2.05, 4.69) is 0 Å². The van der Waals surface area contributed by atoms with Crippen LogP contribution in [0.1, 0.15) is 11.1 Å². The highest BCUT2D eigenvalue weighted by Gasteiger charge is 1.94. The molecule has 0 saturated carbocycles. The molecule has 0 heterocycles.